The van der Waals surface area contributed by atoms with E-state index in [-0.39, 0.29) is 10.7 Å². The van der Waals surface area contributed by atoms with E-state index in [1.807, 2.05) is 6.07 Å². The lowest BCUT2D eigenvalue weighted by Gasteiger charge is -2.00. The first kappa shape index (κ1) is 12.7. The van der Waals surface area contributed by atoms with Crippen LogP contribution in [0.5, 0.6) is 0 Å². The molecule has 3 nitrogen and oxygen atoms in total. The van der Waals surface area contributed by atoms with E-state index in [9.17, 15) is 9.18 Å². The van der Waals surface area contributed by atoms with Gasteiger partial charge in [0.05, 0.1) is 10.7 Å². The van der Waals surface area contributed by atoms with Gasteiger partial charge in [0.15, 0.2) is 0 Å². The van der Waals surface area contributed by atoms with Gasteiger partial charge in [0.25, 0.3) is 0 Å². The van der Waals surface area contributed by atoms with Gasteiger partial charge in [-0.05, 0) is 37.5 Å². The number of carboxylic acid groups (broad SMARTS) is 1. The first-order valence-corrected chi connectivity index (χ1v) is 6.32. The molecule has 0 aliphatic heterocycles. The van der Waals surface area contributed by atoms with Crippen molar-refractivity contribution in [3.05, 3.63) is 51.2 Å². The van der Waals surface area contributed by atoms with Crippen molar-refractivity contribution >= 4 is 17.3 Å². The molecule has 0 unspecified atom stereocenters. The van der Waals surface area contributed by atoms with Gasteiger partial charge in [0.2, 0.25) is 0 Å². The SMILES string of the molecule is Cc1nc(CCc2cccc(F)c2)c(C(=O)O)s1. The van der Waals surface area contributed by atoms with Gasteiger partial charge in [-0.3, -0.25) is 0 Å². The predicted octanol–water partition coefficient (Wildman–Crippen LogP) is 3.07. The van der Waals surface area contributed by atoms with Gasteiger partial charge >= 0.3 is 5.97 Å². The van der Waals surface area contributed by atoms with Gasteiger partial charge in [-0.2, -0.15) is 0 Å². The number of benzene rings is 1. The third kappa shape index (κ3) is 2.92. The molecule has 0 amide bonds. The number of carbonyl (C=O) groups is 1. The number of aromatic nitrogens is 1. The van der Waals surface area contributed by atoms with Crippen LogP contribution in [0, 0.1) is 12.7 Å². The fourth-order valence-electron chi connectivity index (χ4n) is 1.76. The molecule has 0 radical (unpaired) electrons. The van der Waals surface area contributed by atoms with Gasteiger partial charge < -0.3 is 5.11 Å². The first-order chi connectivity index (χ1) is 8.56. The lowest BCUT2D eigenvalue weighted by molar-refractivity contribution is 0.0700. The number of nitrogens with zero attached hydrogens (tertiary/aromatic N) is 1. The summed E-state index contributed by atoms with van der Waals surface area (Å²) in [7, 11) is 0. The average Bonchev–Trinajstić information content (AvgIpc) is 2.68. The quantitative estimate of drug-likeness (QED) is 0.924. The summed E-state index contributed by atoms with van der Waals surface area (Å²) in [4.78, 5) is 15.5. The second kappa shape index (κ2) is 5.27. The van der Waals surface area contributed by atoms with E-state index in [1.165, 1.54) is 23.5 Å². The Hall–Kier alpha value is -1.75. The molecule has 0 atom stereocenters. The van der Waals surface area contributed by atoms with Crippen LogP contribution in [0.1, 0.15) is 25.9 Å². The lowest BCUT2D eigenvalue weighted by atomic mass is 10.1. The van der Waals surface area contributed by atoms with E-state index < -0.39 is 5.97 Å². The van der Waals surface area contributed by atoms with Gasteiger partial charge in [-0.25, -0.2) is 14.2 Å². The fraction of sp³-hybridized carbons (Fsp3) is 0.231. The van der Waals surface area contributed by atoms with Crippen molar-refractivity contribution in [2.24, 2.45) is 0 Å². The average molecular weight is 265 g/mol. The van der Waals surface area contributed by atoms with Gasteiger partial charge in [0.1, 0.15) is 10.7 Å². The largest absolute Gasteiger partial charge is 0.477 e. The van der Waals surface area contributed by atoms with Crippen LogP contribution in [0.2, 0.25) is 0 Å². The minimum atomic E-state index is -0.949. The zero-order chi connectivity index (χ0) is 13.1. The van der Waals surface area contributed by atoms with Crippen molar-refractivity contribution in [3.63, 3.8) is 0 Å². The van der Waals surface area contributed by atoms with Crippen LogP contribution in [-0.4, -0.2) is 16.1 Å². The van der Waals surface area contributed by atoms with Crippen LogP contribution in [0.4, 0.5) is 4.39 Å². The Balaban J connectivity index is 2.13. The first-order valence-electron chi connectivity index (χ1n) is 5.50. The Bertz CT molecular complexity index is 580. The molecule has 0 bridgehead atoms. The number of carboxylic acids is 1. The monoisotopic (exact) mass is 265 g/mol. The summed E-state index contributed by atoms with van der Waals surface area (Å²) in [5, 5.41) is 9.77. The molecule has 2 aromatic rings. The van der Waals surface area contributed by atoms with Crippen molar-refractivity contribution in [1.29, 1.82) is 0 Å². The van der Waals surface area contributed by atoms with E-state index in [1.54, 1.807) is 13.0 Å². The molecule has 5 heteroatoms. The van der Waals surface area contributed by atoms with Crippen LogP contribution in [0.15, 0.2) is 24.3 Å². The molecular weight excluding hydrogens is 253 g/mol. The van der Waals surface area contributed by atoms with E-state index in [2.05, 4.69) is 4.98 Å². The second-order valence-electron chi connectivity index (χ2n) is 3.94. The number of hydrogen-bond acceptors (Lipinski definition) is 3. The Kier molecular flexibility index (Phi) is 3.72. The molecule has 0 saturated heterocycles. The smallest absolute Gasteiger partial charge is 0.347 e. The summed E-state index contributed by atoms with van der Waals surface area (Å²) in [6.45, 7) is 1.78. The number of halogens is 1. The Labute approximate surface area is 108 Å². The molecule has 0 aliphatic carbocycles. The molecule has 18 heavy (non-hydrogen) atoms. The third-order valence-corrected chi connectivity index (χ3v) is 3.54. The van der Waals surface area contributed by atoms with E-state index in [0.717, 1.165) is 10.6 Å². The summed E-state index contributed by atoms with van der Waals surface area (Å²) in [6.07, 6.45) is 1.09. The van der Waals surface area contributed by atoms with Crippen LogP contribution >= 0.6 is 11.3 Å². The van der Waals surface area contributed by atoms with E-state index in [0.29, 0.717) is 18.5 Å². The number of rotatable bonds is 4. The maximum Gasteiger partial charge on any atom is 0.347 e. The zero-order valence-electron chi connectivity index (χ0n) is 9.81. The maximum atomic E-state index is 13.0. The van der Waals surface area contributed by atoms with Crippen LogP contribution in [0.3, 0.4) is 0 Å². The molecule has 94 valence electrons. The Morgan fingerprint density at radius 3 is 2.89 bits per heavy atom. The minimum Gasteiger partial charge on any atom is -0.477 e. The summed E-state index contributed by atoms with van der Waals surface area (Å²) in [6, 6.07) is 6.32. The standard InChI is InChI=1S/C13H12FNO2S/c1-8-15-11(12(18-8)13(16)17)6-5-9-3-2-4-10(14)7-9/h2-4,7H,5-6H2,1H3,(H,16,17). The molecular formula is C13H12FNO2S. The zero-order valence-corrected chi connectivity index (χ0v) is 10.6. The normalized spacial score (nSPS) is 10.6. The molecule has 1 aromatic heterocycles. The number of aryl methyl sites for hydroxylation is 3. The highest BCUT2D eigenvalue weighted by Crippen LogP contribution is 2.19. The van der Waals surface area contributed by atoms with Crippen molar-refractivity contribution in [3.8, 4) is 0 Å². The fourth-order valence-corrected chi connectivity index (χ4v) is 2.57. The highest BCUT2D eigenvalue weighted by Gasteiger charge is 2.15. The topological polar surface area (TPSA) is 50.2 Å². The lowest BCUT2D eigenvalue weighted by Crippen LogP contribution is -2.01. The molecule has 0 saturated carbocycles. The molecule has 1 N–H and O–H groups in total. The predicted molar refractivity (Wildman–Crippen MR) is 67.6 cm³/mol. The Morgan fingerprint density at radius 2 is 2.22 bits per heavy atom. The molecule has 1 heterocycles. The van der Waals surface area contributed by atoms with Gasteiger partial charge in [-0.15, -0.1) is 11.3 Å². The van der Waals surface area contributed by atoms with Crippen molar-refractivity contribution in [2.75, 3.05) is 0 Å². The Morgan fingerprint density at radius 1 is 1.44 bits per heavy atom. The molecule has 2 rings (SSSR count). The van der Waals surface area contributed by atoms with E-state index >= 15 is 0 Å². The van der Waals surface area contributed by atoms with Crippen LogP contribution in [-0.2, 0) is 12.8 Å². The number of hydrogen-bond donors (Lipinski definition) is 1. The summed E-state index contributed by atoms with van der Waals surface area (Å²) >= 11 is 1.18. The summed E-state index contributed by atoms with van der Waals surface area (Å²) in [5.74, 6) is -1.23. The summed E-state index contributed by atoms with van der Waals surface area (Å²) < 4.78 is 13.0. The minimum absolute atomic E-state index is 0.277. The van der Waals surface area contributed by atoms with Gasteiger partial charge in [-0.1, -0.05) is 12.1 Å². The van der Waals surface area contributed by atoms with Crippen molar-refractivity contribution in [1.82, 2.24) is 4.98 Å². The molecule has 0 aliphatic rings. The summed E-state index contributed by atoms with van der Waals surface area (Å²) in [5.41, 5.74) is 1.42. The van der Waals surface area contributed by atoms with Gasteiger partial charge in [0, 0.05) is 0 Å². The van der Waals surface area contributed by atoms with Crippen LogP contribution in [0.25, 0.3) is 0 Å². The molecule has 0 fully saturated rings. The third-order valence-electron chi connectivity index (χ3n) is 2.54. The van der Waals surface area contributed by atoms with Crippen LogP contribution < -0.4 is 0 Å². The number of thiazole rings is 1. The second-order valence-corrected chi connectivity index (χ2v) is 5.15. The van der Waals surface area contributed by atoms with Crippen molar-refractivity contribution in [2.45, 2.75) is 19.8 Å². The maximum absolute atomic E-state index is 13.0. The molecule has 1 aromatic carbocycles. The molecule has 0 spiro atoms. The number of aromatic carboxylic acids is 1. The van der Waals surface area contributed by atoms with E-state index in [4.69, 9.17) is 5.11 Å². The van der Waals surface area contributed by atoms with Crippen molar-refractivity contribution < 1.29 is 14.3 Å². The highest BCUT2D eigenvalue weighted by atomic mass is 32.1. The highest BCUT2D eigenvalue weighted by molar-refractivity contribution is 7.13.